The Bertz CT molecular complexity index is 648. The summed E-state index contributed by atoms with van der Waals surface area (Å²) in [5.74, 6) is -3.21. The average Bonchev–Trinajstić information content (AvgIpc) is 3.01. The summed E-state index contributed by atoms with van der Waals surface area (Å²) in [6.07, 6.45) is 1.89. The van der Waals surface area contributed by atoms with E-state index in [2.05, 4.69) is 9.98 Å². The SMILES string of the molecule is CCC(CC)[C@H](N)[C@@H]1[C@H](O)[C@@H](C(=O)O)C[C@H]1N=C(N)N.NC(N)=NCCCC(N)C(=O)O. The Balaban J connectivity index is 0.000000687. The lowest BCUT2D eigenvalue weighted by molar-refractivity contribution is -0.145. The topological polar surface area (TPSA) is 276 Å². The molecule has 0 radical (unpaired) electrons. The highest BCUT2D eigenvalue weighted by Crippen LogP contribution is 2.38. The molecule has 1 saturated carbocycles. The Hall–Kier alpha value is -2.64. The van der Waals surface area contributed by atoms with E-state index in [4.69, 9.17) is 39.5 Å². The maximum Gasteiger partial charge on any atom is 0.320 e. The molecule has 0 heterocycles. The van der Waals surface area contributed by atoms with Crippen molar-refractivity contribution in [3.8, 4) is 0 Å². The summed E-state index contributed by atoms with van der Waals surface area (Å²) in [6.45, 7) is 4.47. The Morgan fingerprint density at radius 1 is 1.03 bits per heavy atom. The first-order valence-electron chi connectivity index (χ1n) is 10.7. The second kappa shape index (κ2) is 14.4. The van der Waals surface area contributed by atoms with Crippen LogP contribution in [0.2, 0.25) is 0 Å². The number of guanidine groups is 2. The first kappa shape index (κ1) is 29.4. The van der Waals surface area contributed by atoms with Gasteiger partial charge in [-0.05, 0) is 25.2 Å². The van der Waals surface area contributed by atoms with Crippen molar-refractivity contribution in [3.05, 3.63) is 0 Å². The number of hydrogen-bond acceptors (Lipinski definition) is 7. The minimum Gasteiger partial charge on any atom is -0.481 e. The summed E-state index contributed by atoms with van der Waals surface area (Å²) < 4.78 is 0. The molecular weight excluding hydrogens is 420 g/mol. The molecule has 0 bridgehead atoms. The summed E-state index contributed by atoms with van der Waals surface area (Å²) in [6, 6.07) is -1.58. The van der Waals surface area contributed by atoms with Crippen molar-refractivity contribution in [3.63, 3.8) is 0 Å². The zero-order valence-corrected chi connectivity index (χ0v) is 18.8. The molecule has 0 aromatic heterocycles. The molecule has 6 atom stereocenters. The van der Waals surface area contributed by atoms with Crippen LogP contribution in [0.1, 0.15) is 46.0 Å². The van der Waals surface area contributed by atoms with Crippen LogP contribution >= 0.6 is 0 Å². The summed E-state index contributed by atoms with van der Waals surface area (Å²) in [4.78, 5) is 29.2. The van der Waals surface area contributed by atoms with Crippen LogP contribution in [0, 0.1) is 17.8 Å². The van der Waals surface area contributed by atoms with Crippen LogP contribution in [0.3, 0.4) is 0 Å². The van der Waals surface area contributed by atoms with Crippen molar-refractivity contribution in [2.75, 3.05) is 6.54 Å². The van der Waals surface area contributed by atoms with Crippen LogP contribution in [-0.4, -0.2) is 70.0 Å². The van der Waals surface area contributed by atoms with E-state index in [0.29, 0.717) is 19.4 Å². The molecule has 1 unspecified atom stereocenters. The second-order valence-corrected chi connectivity index (χ2v) is 7.92. The van der Waals surface area contributed by atoms with Crippen molar-refractivity contribution in [1.29, 1.82) is 0 Å². The van der Waals surface area contributed by atoms with Gasteiger partial charge < -0.3 is 49.7 Å². The third kappa shape index (κ3) is 9.66. The van der Waals surface area contributed by atoms with Crippen LogP contribution in [0.15, 0.2) is 9.98 Å². The predicted molar refractivity (Wildman–Crippen MR) is 122 cm³/mol. The highest BCUT2D eigenvalue weighted by molar-refractivity contribution is 5.76. The van der Waals surface area contributed by atoms with E-state index in [1.54, 1.807) is 0 Å². The minimum atomic E-state index is -1.03. The molecule has 1 rings (SSSR count). The van der Waals surface area contributed by atoms with E-state index in [1.165, 1.54) is 0 Å². The number of aliphatic hydroxyl groups excluding tert-OH is 1. The highest BCUT2D eigenvalue weighted by Gasteiger charge is 2.49. The quantitative estimate of drug-likeness (QED) is 0.0916. The van der Waals surface area contributed by atoms with Gasteiger partial charge in [-0.15, -0.1) is 0 Å². The standard InChI is InChI=1S/C13H26N4O3.C6H14N4O2/c1-3-6(4-2)10(14)9-8(17-13(15)16)5-7(11(9)18)12(19)20;7-4(5(11)12)2-1-3-10-6(8)9/h6-11,18H,3-5,14H2,1-2H3,(H,19,20)(H4,15,16,17);4H,1-3,7H2,(H,11,12)(H4,8,9,10)/t7-,8+,9+,10-,11+;/m0./s1. The fourth-order valence-electron chi connectivity index (χ4n) is 3.90. The van der Waals surface area contributed by atoms with Crippen LogP contribution in [0.4, 0.5) is 0 Å². The van der Waals surface area contributed by atoms with Gasteiger partial charge in [-0.25, -0.2) is 4.99 Å². The second-order valence-electron chi connectivity index (χ2n) is 7.92. The average molecular weight is 461 g/mol. The monoisotopic (exact) mass is 460 g/mol. The lowest BCUT2D eigenvalue weighted by atomic mass is 9.81. The number of hydrogen-bond donors (Lipinski definition) is 9. The Labute approximate surface area is 188 Å². The lowest BCUT2D eigenvalue weighted by Gasteiger charge is -2.32. The summed E-state index contributed by atoms with van der Waals surface area (Å²) >= 11 is 0. The summed E-state index contributed by atoms with van der Waals surface area (Å²) in [7, 11) is 0. The van der Waals surface area contributed by atoms with Gasteiger partial charge in [0.15, 0.2) is 11.9 Å². The van der Waals surface area contributed by atoms with Crippen LogP contribution in [-0.2, 0) is 9.59 Å². The van der Waals surface area contributed by atoms with Gasteiger partial charge in [-0.2, -0.15) is 0 Å². The summed E-state index contributed by atoms with van der Waals surface area (Å²) in [5, 5.41) is 27.9. The van der Waals surface area contributed by atoms with Gasteiger partial charge in [0.1, 0.15) is 6.04 Å². The number of aliphatic imine (C=N–C) groups is 2. The zero-order valence-electron chi connectivity index (χ0n) is 18.8. The molecule has 1 fully saturated rings. The van der Waals surface area contributed by atoms with Gasteiger partial charge >= 0.3 is 11.9 Å². The molecule has 0 saturated heterocycles. The molecule has 0 aromatic carbocycles. The van der Waals surface area contributed by atoms with E-state index >= 15 is 0 Å². The van der Waals surface area contributed by atoms with Crippen molar-refractivity contribution in [1.82, 2.24) is 0 Å². The fraction of sp³-hybridized carbons (Fsp3) is 0.789. The maximum atomic E-state index is 11.2. The molecular formula is C19H40N8O5. The van der Waals surface area contributed by atoms with E-state index < -0.39 is 42.0 Å². The van der Waals surface area contributed by atoms with E-state index in [1.807, 2.05) is 13.8 Å². The normalized spacial score (nSPS) is 24.1. The summed E-state index contributed by atoms with van der Waals surface area (Å²) in [5.41, 5.74) is 32.4. The van der Waals surface area contributed by atoms with E-state index in [9.17, 15) is 19.8 Å². The molecule has 32 heavy (non-hydrogen) atoms. The molecule has 1 aliphatic rings. The first-order valence-corrected chi connectivity index (χ1v) is 10.7. The van der Waals surface area contributed by atoms with Crippen molar-refractivity contribution in [2.24, 2.45) is 62.1 Å². The molecule has 1 aliphatic carbocycles. The number of nitrogens with zero attached hydrogens (tertiary/aromatic N) is 2. The highest BCUT2D eigenvalue weighted by atomic mass is 16.4. The molecule has 0 spiro atoms. The molecule has 13 nitrogen and oxygen atoms in total. The minimum absolute atomic E-state index is 0.0129. The van der Waals surface area contributed by atoms with Gasteiger partial charge in [0.2, 0.25) is 0 Å². The third-order valence-electron chi connectivity index (χ3n) is 5.70. The number of carboxylic acid groups (broad SMARTS) is 2. The van der Waals surface area contributed by atoms with Crippen LogP contribution < -0.4 is 34.4 Å². The largest absolute Gasteiger partial charge is 0.481 e. The van der Waals surface area contributed by atoms with Crippen LogP contribution in [0.5, 0.6) is 0 Å². The van der Waals surface area contributed by atoms with E-state index in [0.717, 1.165) is 12.8 Å². The Morgan fingerprint density at radius 2 is 1.59 bits per heavy atom. The number of nitrogens with two attached hydrogens (primary N) is 6. The van der Waals surface area contributed by atoms with Gasteiger partial charge in [0.05, 0.1) is 18.1 Å². The van der Waals surface area contributed by atoms with Gasteiger partial charge in [-0.3, -0.25) is 14.6 Å². The van der Waals surface area contributed by atoms with Gasteiger partial charge in [0.25, 0.3) is 0 Å². The number of aliphatic carboxylic acids is 2. The van der Waals surface area contributed by atoms with Crippen molar-refractivity contribution >= 4 is 23.9 Å². The van der Waals surface area contributed by atoms with Crippen LogP contribution in [0.25, 0.3) is 0 Å². The smallest absolute Gasteiger partial charge is 0.320 e. The molecule has 0 aromatic rings. The maximum absolute atomic E-state index is 11.2. The van der Waals surface area contributed by atoms with E-state index in [-0.39, 0.29) is 30.3 Å². The van der Waals surface area contributed by atoms with Crippen molar-refractivity contribution in [2.45, 2.75) is 70.2 Å². The molecule has 13 heteroatoms. The Morgan fingerprint density at radius 3 is 2.00 bits per heavy atom. The predicted octanol–water partition coefficient (Wildman–Crippen LogP) is -2.07. The van der Waals surface area contributed by atoms with Gasteiger partial charge in [-0.1, -0.05) is 26.7 Å². The number of carboxylic acids is 2. The molecule has 0 aliphatic heterocycles. The fourth-order valence-corrected chi connectivity index (χ4v) is 3.90. The molecule has 15 N–H and O–H groups in total. The number of aliphatic hydroxyl groups is 1. The molecule has 0 amide bonds. The van der Waals surface area contributed by atoms with Crippen molar-refractivity contribution < 1.29 is 24.9 Å². The number of rotatable bonds is 11. The lowest BCUT2D eigenvalue weighted by Crippen LogP contribution is -2.46. The zero-order chi connectivity index (χ0) is 25.0. The van der Waals surface area contributed by atoms with Gasteiger partial charge in [0, 0.05) is 18.5 Å². The third-order valence-corrected chi connectivity index (χ3v) is 5.70. The molecule has 186 valence electrons. The number of carbonyl (C=O) groups is 2. The Kier molecular flexibility index (Phi) is 13.2. The first-order chi connectivity index (χ1) is 14.9.